The molecule has 0 spiro atoms. The molecule has 1 unspecified atom stereocenters. The van der Waals surface area contributed by atoms with E-state index in [2.05, 4.69) is 12.1 Å². The van der Waals surface area contributed by atoms with Crippen LogP contribution in [0.3, 0.4) is 0 Å². The van der Waals surface area contributed by atoms with Crippen molar-refractivity contribution in [3.63, 3.8) is 0 Å². The number of methoxy groups -OCH3 is 2. The summed E-state index contributed by atoms with van der Waals surface area (Å²) in [5.41, 5.74) is 4.74. The van der Waals surface area contributed by atoms with E-state index in [9.17, 15) is 4.79 Å². The van der Waals surface area contributed by atoms with Crippen LogP contribution in [0.15, 0.2) is 36.4 Å². The summed E-state index contributed by atoms with van der Waals surface area (Å²) >= 11 is 0. The summed E-state index contributed by atoms with van der Waals surface area (Å²) in [6, 6.07) is 12.2. The molecule has 0 heterocycles. The van der Waals surface area contributed by atoms with Crippen molar-refractivity contribution in [2.24, 2.45) is 0 Å². The molecule has 1 aliphatic carbocycles. The van der Waals surface area contributed by atoms with E-state index in [0.717, 1.165) is 30.6 Å². The molecule has 23 heavy (non-hydrogen) atoms. The van der Waals surface area contributed by atoms with E-state index in [0.29, 0.717) is 5.75 Å². The van der Waals surface area contributed by atoms with Gasteiger partial charge in [-0.3, -0.25) is 4.79 Å². The summed E-state index contributed by atoms with van der Waals surface area (Å²) in [4.78, 5) is 13.2. The van der Waals surface area contributed by atoms with E-state index in [1.165, 1.54) is 16.7 Å². The predicted octanol–water partition coefficient (Wildman–Crippen LogP) is 2.98. The summed E-state index contributed by atoms with van der Waals surface area (Å²) in [7, 11) is 5.10. The molecule has 0 bridgehead atoms. The van der Waals surface area contributed by atoms with Gasteiger partial charge < -0.3 is 14.4 Å². The van der Waals surface area contributed by atoms with Gasteiger partial charge in [-0.25, -0.2) is 0 Å². The van der Waals surface area contributed by atoms with Gasteiger partial charge in [0.05, 0.1) is 20.3 Å². The smallest absolute Gasteiger partial charge is 0.210 e. The van der Waals surface area contributed by atoms with Crippen LogP contribution in [0.25, 0.3) is 0 Å². The first kappa shape index (κ1) is 15.4. The number of carbonyl (C=O) groups is 1. The molecule has 1 amide bonds. The second-order valence-corrected chi connectivity index (χ2v) is 5.78. The number of benzene rings is 2. The standard InChI is InChI=1S/C19H21NO3/c1-20(12-21)19-15-7-5-4-6-13(15)8-9-14-10-17(22-2)18(23-3)11-16(14)19/h4-7,10-12,19H,8-9H2,1-3H3. The quantitative estimate of drug-likeness (QED) is 0.815. The summed E-state index contributed by atoms with van der Waals surface area (Å²) in [5.74, 6) is 1.42. The van der Waals surface area contributed by atoms with Crippen LogP contribution in [0, 0.1) is 0 Å². The highest BCUT2D eigenvalue weighted by Gasteiger charge is 2.28. The van der Waals surface area contributed by atoms with Gasteiger partial charge in [-0.1, -0.05) is 24.3 Å². The Morgan fingerprint density at radius 1 is 1.00 bits per heavy atom. The third-order valence-electron chi connectivity index (χ3n) is 4.53. The Kier molecular flexibility index (Phi) is 4.24. The van der Waals surface area contributed by atoms with E-state index in [1.54, 1.807) is 19.1 Å². The van der Waals surface area contributed by atoms with Crippen LogP contribution in [0.2, 0.25) is 0 Å². The average molecular weight is 311 g/mol. The molecule has 2 aromatic carbocycles. The molecule has 3 rings (SSSR count). The summed E-state index contributed by atoms with van der Waals surface area (Å²) in [6.45, 7) is 0. The molecule has 1 aliphatic rings. The van der Waals surface area contributed by atoms with Crippen molar-refractivity contribution in [3.05, 3.63) is 58.7 Å². The lowest BCUT2D eigenvalue weighted by atomic mass is 9.93. The molecule has 2 aromatic rings. The van der Waals surface area contributed by atoms with Crippen molar-refractivity contribution >= 4 is 6.41 Å². The van der Waals surface area contributed by atoms with E-state index in [1.807, 2.05) is 31.3 Å². The molecule has 0 saturated heterocycles. The van der Waals surface area contributed by atoms with Crippen LogP contribution in [-0.2, 0) is 17.6 Å². The molecule has 0 N–H and O–H groups in total. The van der Waals surface area contributed by atoms with E-state index in [4.69, 9.17) is 9.47 Å². The Bertz CT molecular complexity index is 727. The molecular weight excluding hydrogens is 290 g/mol. The molecule has 1 atom stereocenters. The van der Waals surface area contributed by atoms with Crippen LogP contribution < -0.4 is 9.47 Å². The lowest BCUT2D eigenvalue weighted by Gasteiger charge is -2.28. The maximum absolute atomic E-state index is 11.5. The highest BCUT2D eigenvalue weighted by atomic mass is 16.5. The van der Waals surface area contributed by atoms with Crippen molar-refractivity contribution in [2.45, 2.75) is 18.9 Å². The van der Waals surface area contributed by atoms with Crippen molar-refractivity contribution in [3.8, 4) is 11.5 Å². The summed E-state index contributed by atoms with van der Waals surface area (Å²) in [6.07, 6.45) is 2.74. The lowest BCUT2D eigenvalue weighted by molar-refractivity contribution is -0.118. The van der Waals surface area contributed by atoms with E-state index in [-0.39, 0.29) is 6.04 Å². The largest absolute Gasteiger partial charge is 0.493 e. The minimum atomic E-state index is -0.110. The van der Waals surface area contributed by atoms with Gasteiger partial charge in [-0.2, -0.15) is 0 Å². The highest BCUT2D eigenvalue weighted by Crippen LogP contribution is 2.40. The Morgan fingerprint density at radius 3 is 2.35 bits per heavy atom. The average Bonchev–Trinajstić information content (AvgIpc) is 2.76. The predicted molar refractivity (Wildman–Crippen MR) is 89.1 cm³/mol. The summed E-state index contributed by atoms with van der Waals surface area (Å²) < 4.78 is 10.9. The van der Waals surface area contributed by atoms with Crippen LogP contribution in [0.5, 0.6) is 11.5 Å². The minimum absolute atomic E-state index is 0.110. The van der Waals surface area contributed by atoms with Crippen LogP contribution in [-0.4, -0.2) is 32.6 Å². The Morgan fingerprint density at radius 2 is 1.65 bits per heavy atom. The van der Waals surface area contributed by atoms with Gasteiger partial charge in [0.15, 0.2) is 11.5 Å². The Balaban J connectivity index is 2.23. The molecule has 0 aliphatic heterocycles. The maximum atomic E-state index is 11.5. The maximum Gasteiger partial charge on any atom is 0.210 e. The van der Waals surface area contributed by atoms with Crippen molar-refractivity contribution < 1.29 is 14.3 Å². The number of hydrogen-bond acceptors (Lipinski definition) is 3. The zero-order valence-electron chi connectivity index (χ0n) is 13.7. The molecule has 0 radical (unpaired) electrons. The first-order valence-electron chi connectivity index (χ1n) is 7.69. The molecule has 0 fully saturated rings. The van der Waals surface area contributed by atoms with E-state index >= 15 is 0 Å². The first-order chi connectivity index (χ1) is 11.2. The fourth-order valence-electron chi connectivity index (χ4n) is 3.37. The zero-order chi connectivity index (χ0) is 16.4. The second kappa shape index (κ2) is 6.32. The molecule has 0 aromatic heterocycles. The third-order valence-corrected chi connectivity index (χ3v) is 4.53. The topological polar surface area (TPSA) is 38.8 Å². The van der Waals surface area contributed by atoms with Gasteiger partial charge in [0.2, 0.25) is 6.41 Å². The molecular formula is C19H21NO3. The monoisotopic (exact) mass is 311 g/mol. The molecule has 4 heteroatoms. The third kappa shape index (κ3) is 2.65. The van der Waals surface area contributed by atoms with Gasteiger partial charge in [0.1, 0.15) is 0 Å². The summed E-state index contributed by atoms with van der Waals surface area (Å²) in [5, 5.41) is 0. The zero-order valence-corrected chi connectivity index (χ0v) is 13.7. The normalized spacial score (nSPS) is 15.9. The van der Waals surface area contributed by atoms with Gasteiger partial charge >= 0.3 is 0 Å². The number of nitrogens with zero attached hydrogens (tertiary/aromatic N) is 1. The van der Waals surface area contributed by atoms with Gasteiger partial charge in [0, 0.05) is 7.05 Å². The first-order valence-corrected chi connectivity index (χ1v) is 7.69. The number of carbonyl (C=O) groups excluding carboxylic acids is 1. The number of rotatable bonds is 4. The van der Waals surface area contributed by atoms with Crippen molar-refractivity contribution in [1.29, 1.82) is 0 Å². The second-order valence-electron chi connectivity index (χ2n) is 5.78. The molecule has 120 valence electrons. The van der Waals surface area contributed by atoms with Crippen molar-refractivity contribution in [1.82, 2.24) is 4.90 Å². The molecule has 0 saturated carbocycles. The number of aryl methyl sites for hydroxylation is 2. The Hall–Kier alpha value is -2.49. The lowest BCUT2D eigenvalue weighted by Crippen LogP contribution is -2.25. The number of hydrogen-bond donors (Lipinski definition) is 0. The van der Waals surface area contributed by atoms with Gasteiger partial charge in [0.25, 0.3) is 0 Å². The highest BCUT2D eigenvalue weighted by molar-refractivity contribution is 5.57. The van der Waals surface area contributed by atoms with Crippen LogP contribution in [0.1, 0.15) is 28.3 Å². The van der Waals surface area contributed by atoms with E-state index < -0.39 is 0 Å². The number of amides is 1. The fraction of sp³-hybridized carbons (Fsp3) is 0.316. The van der Waals surface area contributed by atoms with Crippen molar-refractivity contribution in [2.75, 3.05) is 21.3 Å². The number of ether oxygens (including phenoxy) is 2. The van der Waals surface area contributed by atoms with Gasteiger partial charge in [-0.15, -0.1) is 0 Å². The number of fused-ring (bicyclic) bond motifs is 2. The molecule has 4 nitrogen and oxygen atoms in total. The SMILES string of the molecule is COc1cc2c(cc1OC)C(N(C)C=O)c1ccccc1CC2. The fourth-order valence-corrected chi connectivity index (χ4v) is 3.37. The minimum Gasteiger partial charge on any atom is -0.493 e. The Labute approximate surface area is 136 Å². The van der Waals surface area contributed by atoms with Crippen LogP contribution in [0.4, 0.5) is 0 Å². The van der Waals surface area contributed by atoms with Gasteiger partial charge in [-0.05, 0) is 47.2 Å². The van der Waals surface area contributed by atoms with Crippen LogP contribution >= 0.6 is 0 Å².